The minimum Gasteiger partial charge on any atom is -0.461 e. The third-order valence-electron chi connectivity index (χ3n) is 5.99. The van der Waals surface area contributed by atoms with E-state index < -0.39 is 27.9 Å². The summed E-state index contributed by atoms with van der Waals surface area (Å²) in [5.74, 6) is -1.95. The Hall–Kier alpha value is -3.99. The molecule has 0 bridgehead atoms. The molecule has 1 amide bonds. The number of hydrogen-bond acceptors (Lipinski definition) is 8. The normalized spacial score (nSPS) is 14.6. The van der Waals surface area contributed by atoms with Gasteiger partial charge in [0.25, 0.3) is 10.0 Å². The van der Waals surface area contributed by atoms with E-state index in [1.165, 1.54) is 18.3 Å². The van der Waals surface area contributed by atoms with Crippen LogP contribution in [-0.2, 0) is 43.6 Å². The van der Waals surface area contributed by atoms with Gasteiger partial charge in [0, 0.05) is 12.2 Å². The van der Waals surface area contributed by atoms with Gasteiger partial charge in [0.2, 0.25) is 11.7 Å². The quantitative estimate of drug-likeness (QED) is 0.422. The van der Waals surface area contributed by atoms with Gasteiger partial charge in [-0.15, -0.1) is 0 Å². The summed E-state index contributed by atoms with van der Waals surface area (Å²) in [6.07, 6.45) is 2.33. The van der Waals surface area contributed by atoms with Crippen molar-refractivity contribution in [2.45, 2.75) is 44.0 Å². The summed E-state index contributed by atoms with van der Waals surface area (Å²) in [6.45, 7) is 3.67. The molecule has 1 unspecified atom stereocenters. The Bertz CT molecular complexity index is 1430. The molecule has 10 nitrogen and oxygen atoms in total. The first-order valence-electron chi connectivity index (χ1n) is 11.9. The first-order valence-corrected chi connectivity index (χ1v) is 13.3. The highest BCUT2D eigenvalue weighted by Crippen LogP contribution is 2.34. The first kappa shape index (κ1) is 26.1. The summed E-state index contributed by atoms with van der Waals surface area (Å²) in [4.78, 5) is 41.7. The van der Waals surface area contributed by atoms with Crippen LogP contribution in [0.1, 0.15) is 57.7 Å². The minimum absolute atomic E-state index is 0.00374. The van der Waals surface area contributed by atoms with Crippen molar-refractivity contribution in [3.63, 3.8) is 0 Å². The van der Waals surface area contributed by atoms with Crippen LogP contribution in [0.5, 0.6) is 0 Å². The Morgan fingerprint density at radius 3 is 2.38 bits per heavy atom. The lowest BCUT2D eigenvalue weighted by atomic mass is 10.0. The van der Waals surface area contributed by atoms with Crippen molar-refractivity contribution in [1.29, 1.82) is 0 Å². The average Bonchev–Trinajstić information content (AvgIpc) is 3.50. The lowest BCUT2D eigenvalue weighted by Crippen LogP contribution is -2.32. The third-order valence-corrected chi connectivity index (χ3v) is 7.38. The third kappa shape index (κ3) is 5.72. The zero-order chi connectivity index (χ0) is 26.6. The number of rotatable bonds is 9. The number of esters is 2. The van der Waals surface area contributed by atoms with Crippen LogP contribution in [0.2, 0.25) is 0 Å². The van der Waals surface area contributed by atoms with Crippen molar-refractivity contribution < 1.29 is 32.3 Å². The van der Waals surface area contributed by atoms with Crippen LogP contribution >= 0.6 is 0 Å². The number of nitrogens with one attached hydrogen (secondary N) is 1. The molecule has 194 valence electrons. The van der Waals surface area contributed by atoms with E-state index in [-0.39, 0.29) is 42.1 Å². The number of ether oxygens (including phenoxy) is 2. The molecule has 0 saturated carbocycles. The van der Waals surface area contributed by atoms with Crippen LogP contribution in [0.15, 0.2) is 59.6 Å². The lowest BCUT2D eigenvalue weighted by molar-refractivity contribution is -0.118. The molecule has 37 heavy (non-hydrogen) atoms. The summed E-state index contributed by atoms with van der Waals surface area (Å²) in [6, 6.07) is 12.9. The van der Waals surface area contributed by atoms with Gasteiger partial charge in [-0.1, -0.05) is 36.4 Å². The minimum atomic E-state index is -3.99. The van der Waals surface area contributed by atoms with Gasteiger partial charge in [-0.05, 0) is 55.5 Å². The Labute approximate surface area is 214 Å². The van der Waals surface area contributed by atoms with Crippen LogP contribution in [0.3, 0.4) is 0 Å². The number of sulfonamides is 1. The summed E-state index contributed by atoms with van der Waals surface area (Å²) >= 11 is 0. The van der Waals surface area contributed by atoms with Gasteiger partial charge in [-0.3, -0.25) is 4.79 Å². The van der Waals surface area contributed by atoms with Gasteiger partial charge in [-0.2, -0.15) is 0 Å². The topological polar surface area (TPSA) is 134 Å². The van der Waals surface area contributed by atoms with Gasteiger partial charge in [-0.25, -0.2) is 27.7 Å². The predicted molar refractivity (Wildman–Crippen MR) is 133 cm³/mol. The predicted octanol–water partition coefficient (Wildman–Crippen LogP) is 2.62. The van der Waals surface area contributed by atoms with Gasteiger partial charge >= 0.3 is 11.9 Å². The Morgan fingerprint density at radius 1 is 0.973 bits per heavy atom. The second kappa shape index (κ2) is 11.0. The Balaban J connectivity index is 1.56. The van der Waals surface area contributed by atoms with Gasteiger partial charge in [0.1, 0.15) is 0 Å². The van der Waals surface area contributed by atoms with Gasteiger partial charge in [0.05, 0.1) is 24.5 Å². The number of carbonyl (C=O) groups is 3. The molecule has 1 N–H and O–H groups in total. The van der Waals surface area contributed by atoms with Crippen molar-refractivity contribution in [2.24, 2.45) is 0 Å². The highest BCUT2D eigenvalue weighted by molar-refractivity contribution is 7.90. The molecule has 0 aliphatic heterocycles. The summed E-state index contributed by atoms with van der Waals surface area (Å²) < 4.78 is 39.0. The van der Waals surface area contributed by atoms with E-state index in [9.17, 15) is 22.8 Å². The highest BCUT2D eigenvalue weighted by atomic mass is 32.2. The highest BCUT2D eigenvalue weighted by Gasteiger charge is 2.31. The van der Waals surface area contributed by atoms with Crippen LogP contribution in [0.4, 0.5) is 0 Å². The largest absolute Gasteiger partial charge is 0.461 e. The van der Waals surface area contributed by atoms with E-state index in [4.69, 9.17) is 9.47 Å². The molecule has 1 aromatic heterocycles. The molecule has 0 radical (unpaired) electrons. The molecule has 0 spiro atoms. The van der Waals surface area contributed by atoms with E-state index in [1.54, 1.807) is 48.7 Å². The van der Waals surface area contributed by atoms with Crippen molar-refractivity contribution >= 4 is 27.9 Å². The van der Waals surface area contributed by atoms with Crippen molar-refractivity contribution in [2.75, 3.05) is 13.2 Å². The van der Waals surface area contributed by atoms with Gasteiger partial charge < -0.3 is 14.0 Å². The molecule has 3 aromatic rings. The summed E-state index contributed by atoms with van der Waals surface area (Å²) in [7, 11) is -3.99. The molecule has 1 aliphatic rings. The molecular weight excluding hydrogens is 498 g/mol. The molecule has 4 rings (SSSR count). The first-order chi connectivity index (χ1) is 17.7. The average molecular weight is 526 g/mol. The number of imidazole rings is 1. The van der Waals surface area contributed by atoms with E-state index in [1.807, 2.05) is 6.07 Å². The van der Waals surface area contributed by atoms with Gasteiger partial charge in [0.15, 0.2) is 5.69 Å². The van der Waals surface area contributed by atoms with E-state index in [0.717, 1.165) is 11.1 Å². The lowest BCUT2D eigenvalue weighted by Gasteiger charge is -2.14. The zero-order valence-electron chi connectivity index (χ0n) is 20.5. The SMILES string of the molecule is CCOC(=O)c1cn(C2Cc3cccc(CC(=O)NS(=O)(=O)c4ccccc4)c3C2)c(C(=O)OCC)n1. The Morgan fingerprint density at radius 2 is 1.68 bits per heavy atom. The molecule has 1 aliphatic carbocycles. The van der Waals surface area contributed by atoms with E-state index >= 15 is 0 Å². The molecule has 11 heteroatoms. The second-order valence-corrected chi connectivity index (χ2v) is 10.1. The molecule has 1 heterocycles. The number of amides is 1. The van der Waals surface area contributed by atoms with Crippen LogP contribution < -0.4 is 4.72 Å². The van der Waals surface area contributed by atoms with E-state index in [0.29, 0.717) is 18.4 Å². The standard InChI is InChI=1S/C26H27N3O7S/c1-3-35-25(31)22-16-29(24(27-22)26(32)36-4-2)19-13-17-9-8-10-18(21(17)15-19)14-23(30)28-37(33,34)20-11-6-5-7-12-20/h5-12,16,19H,3-4,13-15H2,1-2H3,(H,28,30). The summed E-state index contributed by atoms with van der Waals surface area (Å²) in [5, 5.41) is 0. The fraction of sp³-hybridized carbons (Fsp3) is 0.308. The van der Waals surface area contributed by atoms with Crippen LogP contribution in [0.25, 0.3) is 0 Å². The molecule has 2 aromatic carbocycles. The number of benzene rings is 2. The molecule has 0 saturated heterocycles. The monoisotopic (exact) mass is 525 g/mol. The maximum absolute atomic E-state index is 12.7. The number of aromatic nitrogens is 2. The Kier molecular flexibility index (Phi) is 7.72. The molecule has 0 fully saturated rings. The van der Waals surface area contributed by atoms with Crippen LogP contribution in [-0.4, -0.2) is 49.0 Å². The van der Waals surface area contributed by atoms with E-state index in [2.05, 4.69) is 9.71 Å². The number of nitrogens with zero attached hydrogens (tertiary/aromatic N) is 2. The zero-order valence-corrected chi connectivity index (χ0v) is 21.3. The van der Waals surface area contributed by atoms with Crippen molar-refractivity contribution in [3.05, 3.63) is 82.9 Å². The fourth-order valence-corrected chi connectivity index (χ4v) is 5.41. The second-order valence-electron chi connectivity index (χ2n) is 8.43. The molecular formula is C26H27N3O7S. The number of fused-ring (bicyclic) bond motifs is 1. The maximum atomic E-state index is 12.7. The number of hydrogen-bond donors (Lipinski definition) is 1. The summed E-state index contributed by atoms with van der Waals surface area (Å²) in [5.41, 5.74) is 2.54. The number of carbonyl (C=O) groups excluding carboxylic acids is 3. The smallest absolute Gasteiger partial charge is 0.374 e. The van der Waals surface area contributed by atoms with Crippen LogP contribution in [0, 0.1) is 0 Å². The van der Waals surface area contributed by atoms with Crippen molar-refractivity contribution in [1.82, 2.24) is 14.3 Å². The van der Waals surface area contributed by atoms with Crippen molar-refractivity contribution in [3.8, 4) is 0 Å². The maximum Gasteiger partial charge on any atom is 0.374 e. The fourth-order valence-electron chi connectivity index (χ4n) is 4.40. The molecule has 1 atom stereocenters.